The number of rotatable bonds is 2. The third-order valence-electron chi connectivity index (χ3n) is 3.05. The van der Waals surface area contributed by atoms with Crippen molar-refractivity contribution in [2.24, 2.45) is 0 Å². The van der Waals surface area contributed by atoms with E-state index in [9.17, 15) is 21.6 Å². The molecule has 0 aliphatic carbocycles. The van der Waals surface area contributed by atoms with Crippen LogP contribution in [0.15, 0.2) is 41.3 Å². The highest BCUT2D eigenvalue weighted by molar-refractivity contribution is 7.90. The number of alkyl halides is 3. The molecular formula is C14H11ClF3NO2S. The van der Waals surface area contributed by atoms with Crippen LogP contribution in [0.5, 0.6) is 0 Å². The molecule has 0 saturated carbocycles. The maximum absolute atomic E-state index is 12.9. The molecule has 0 spiro atoms. The van der Waals surface area contributed by atoms with Crippen molar-refractivity contribution in [2.45, 2.75) is 11.1 Å². The van der Waals surface area contributed by atoms with Gasteiger partial charge in [-0.2, -0.15) is 13.2 Å². The summed E-state index contributed by atoms with van der Waals surface area (Å²) in [5.74, 6) is 0. The third-order valence-corrected chi connectivity index (χ3v) is 4.49. The summed E-state index contributed by atoms with van der Waals surface area (Å²) in [5.41, 5.74) is 4.41. The summed E-state index contributed by atoms with van der Waals surface area (Å²) in [6, 6.07) is 7.67. The number of nitrogen functional groups attached to an aromatic ring is 1. The molecule has 22 heavy (non-hydrogen) atoms. The third kappa shape index (κ3) is 3.36. The predicted molar refractivity (Wildman–Crippen MR) is 79.4 cm³/mol. The van der Waals surface area contributed by atoms with Crippen molar-refractivity contribution in [1.29, 1.82) is 0 Å². The number of benzene rings is 2. The van der Waals surface area contributed by atoms with E-state index in [1.165, 1.54) is 30.3 Å². The highest BCUT2D eigenvalue weighted by atomic mass is 35.5. The number of hydrogen-bond donors (Lipinski definition) is 1. The van der Waals surface area contributed by atoms with E-state index >= 15 is 0 Å². The minimum absolute atomic E-state index is 0.0776. The van der Waals surface area contributed by atoms with Crippen molar-refractivity contribution < 1.29 is 21.6 Å². The Morgan fingerprint density at radius 3 is 2.05 bits per heavy atom. The predicted octanol–water partition coefficient (Wildman–Crippen LogP) is 4.01. The van der Waals surface area contributed by atoms with Crippen LogP contribution in [-0.4, -0.2) is 14.7 Å². The van der Waals surface area contributed by atoms with Crippen LogP contribution in [0.1, 0.15) is 5.56 Å². The fourth-order valence-corrected chi connectivity index (χ4v) is 2.76. The molecule has 0 aromatic heterocycles. The van der Waals surface area contributed by atoms with E-state index in [4.69, 9.17) is 17.3 Å². The van der Waals surface area contributed by atoms with E-state index in [0.717, 1.165) is 12.3 Å². The van der Waals surface area contributed by atoms with Crippen LogP contribution < -0.4 is 5.73 Å². The molecule has 0 radical (unpaired) electrons. The molecular weight excluding hydrogens is 339 g/mol. The summed E-state index contributed by atoms with van der Waals surface area (Å²) in [4.78, 5) is 0.0776. The Bertz CT molecular complexity index is 815. The van der Waals surface area contributed by atoms with Gasteiger partial charge in [-0.3, -0.25) is 0 Å². The zero-order chi connectivity index (χ0) is 16.7. The van der Waals surface area contributed by atoms with Gasteiger partial charge in [-0.05, 0) is 35.4 Å². The van der Waals surface area contributed by atoms with E-state index in [2.05, 4.69) is 0 Å². The molecule has 3 nitrogen and oxygen atoms in total. The van der Waals surface area contributed by atoms with Crippen LogP contribution >= 0.6 is 11.6 Å². The van der Waals surface area contributed by atoms with E-state index in [-0.39, 0.29) is 15.5 Å². The van der Waals surface area contributed by atoms with Crippen LogP contribution in [0, 0.1) is 0 Å². The second-order valence-corrected chi connectivity index (χ2v) is 7.14. The molecule has 0 saturated heterocycles. The first kappa shape index (κ1) is 16.6. The highest BCUT2D eigenvalue weighted by Crippen LogP contribution is 2.40. The number of sulfone groups is 1. The molecule has 8 heteroatoms. The summed E-state index contributed by atoms with van der Waals surface area (Å²) < 4.78 is 61.5. The van der Waals surface area contributed by atoms with Gasteiger partial charge < -0.3 is 5.73 Å². The average molecular weight is 350 g/mol. The summed E-state index contributed by atoms with van der Waals surface area (Å²) in [6.45, 7) is 0. The second-order valence-electron chi connectivity index (χ2n) is 4.71. The molecule has 118 valence electrons. The van der Waals surface area contributed by atoms with Gasteiger partial charge in [-0.15, -0.1) is 0 Å². The van der Waals surface area contributed by atoms with E-state index in [0.29, 0.717) is 5.56 Å². The quantitative estimate of drug-likeness (QED) is 0.833. The Morgan fingerprint density at radius 1 is 1.05 bits per heavy atom. The molecule has 0 aliphatic heterocycles. The van der Waals surface area contributed by atoms with Crippen molar-refractivity contribution in [2.75, 3.05) is 12.0 Å². The lowest BCUT2D eigenvalue weighted by Gasteiger charge is -2.14. The molecule has 0 aliphatic rings. The lowest BCUT2D eigenvalue weighted by Crippen LogP contribution is -2.09. The smallest absolute Gasteiger partial charge is 0.397 e. The molecule has 0 unspecified atom stereocenters. The highest BCUT2D eigenvalue weighted by Gasteiger charge is 2.34. The van der Waals surface area contributed by atoms with E-state index < -0.39 is 27.3 Å². The minimum atomic E-state index is -4.63. The van der Waals surface area contributed by atoms with Crippen LogP contribution in [0.2, 0.25) is 5.02 Å². The normalized spacial score (nSPS) is 12.4. The molecule has 0 heterocycles. The molecule has 0 bridgehead atoms. The molecule has 0 amide bonds. The van der Waals surface area contributed by atoms with Crippen LogP contribution in [0.3, 0.4) is 0 Å². The SMILES string of the molecule is CS(=O)(=O)c1ccc(-c2cc(Cl)c(N)c(C(F)(F)F)c2)cc1. The zero-order valence-electron chi connectivity index (χ0n) is 11.3. The van der Waals surface area contributed by atoms with E-state index in [1.54, 1.807) is 0 Å². The maximum atomic E-state index is 12.9. The summed E-state index contributed by atoms with van der Waals surface area (Å²) >= 11 is 5.76. The average Bonchev–Trinajstić information content (AvgIpc) is 2.39. The van der Waals surface area contributed by atoms with Crippen molar-refractivity contribution >= 4 is 27.1 Å². The van der Waals surface area contributed by atoms with Gasteiger partial charge >= 0.3 is 6.18 Å². The van der Waals surface area contributed by atoms with Gasteiger partial charge in [0.15, 0.2) is 9.84 Å². The summed E-state index contributed by atoms with van der Waals surface area (Å²) in [7, 11) is -3.37. The van der Waals surface area contributed by atoms with Gasteiger partial charge in [0.05, 0.1) is 21.2 Å². The van der Waals surface area contributed by atoms with Gasteiger partial charge in [-0.25, -0.2) is 8.42 Å². The first-order valence-electron chi connectivity index (χ1n) is 5.97. The Kier molecular flexibility index (Phi) is 4.14. The number of hydrogen-bond acceptors (Lipinski definition) is 3. The molecule has 0 fully saturated rings. The van der Waals surface area contributed by atoms with Gasteiger partial charge in [0, 0.05) is 6.26 Å². The Balaban J connectivity index is 2.56. The first-order chi connectivity index (χ1) is 10.00. The van der Waals surface area contributed by atoms with Gasteiger partial charge in [0.25, 0.3) is 0 Å². The van der Waals surface area contributed by atoms with Crippen molar-refractivity contribution in [3.63, 3.8) is 0 Å². The lowest BCUT2D eigenvalue weighted by molar-refractivity contribution is -0.136. The lowest BCUT2D eigenvalue weighted by atomic mass is 10.0. The monoisotopic (exact) mass is 349 g/mol. The molecule has 2 aromatic rings. The molecule has 2 N–H and O–H groups in total. The standard InChI is InChI=1S/C14H11ClF3NO2S/c1-22(20,21)10-4-2-8(3-5-10)9-6-11(14(16,17)18)13(19)12(15)7-9/h2-7H,19H2,1H3. The van der Waals surface area contributed by atoms with Crippen molar-refractivity contribution in [3.8, 4) is 11.1 Å². The van der Waals surface area contributed by atoms with Crippen molar-refractivity contribution in [1.82, 2.24) is 0 Å². The molecule has 2 rings (SSSR count). The number of halogens is 4. The number of nitrogens with two attached hydrogens (primary N) is 1. The topological polar surface area (TPSA) is 60.2 Å². The Hall–Kier alpha value is -1.73. The van der Waals surface area contributed by atoms with Gasteiger partial charge in [0.2, 0.25) is 0 Å². The summed E-state index contributed by atoms with van der Waals surface area (Å²) in [5, 5.41) is -0.211. The van der Waals surface area contributed by atoms with Crippen LogP contribution in [0.25, 0.3) is 11.1 Å². The van der Waals surface area contributed by atoms with Gasteiger partial charge in [0.1, 0.15) is 0 Å². The molecule has 2 aromatic carbocycles. The minimum Gasteiger partial charge on any atom is -0.397 e. The maximum Gasteiger partial charge on any atom is 0.418 e. The van der Waals surface area contributed by atoms with Crippen molar-refractivity contribution in [3.05, 3.63) is 47.0 Å². The molecule has 0 atom stereocenters. The Labute approximate surface area is 130 Å². The second kappa shape index (κ2) is 5.48. The zero-order valence-corrected chi connectivity index (χ0v) is 12.9. The largest absolute Gasteiger partial charge is 0.418 e. The van der Waals surface area contributed by atoms with Gasteiger partial charge in [-0.1, -0.05) is 23.7 Å². The Morgan fingerprint density at radius 2 is 1.59 bits per heavy atom. The van der Waals surface area contributed by atoms with Crippen LogP contribution in [-0.2, 0) is 16.0 Å². The fraction of sp³-hybridized carbons (Fsp3) is 0.143. The van der Waals surface area contributed by atoms with Crippen LogP contribution in [0.4, 0.5) is 18.9 Å². The van der Waals surface area contributed by atoms with E-state index in [1.807, 2.05) is 0 Å². The first-order valence-corrected chi connectivity index (χ1v) is 8.24. The summed E-state index contributed by atoms with van der Waals surface area (Å²) in [6.07, 6.45) is -3.58. The number of anilines is 1. The fourth-order valence-electron chi connectivity index (χ4n) is 1.91.